The van der Waals surface area contributed by atoms with E-state index in [2.05, 4.69) is 21.8 Å². The Morgan fingerprint density at radius 1 is 1.29 bits per heavy atom. The number of hydrogen-bond acceptors (Lipinski definition) is 3. The summed E-state index contributed by atoms with van der Waals surface area (Å²) in [6, 6.07) is 1.90. The van der Waals surface area contributed by atoms with Crippen LogP contribution in [0.3, 0.4) is 0 Å². The van der Waals surface area contributed by atoms with Gasteiger partial charge in [0.25, 0.3) is 0 Å². The molecule has 0 radical (unpaired) electrons. The Morgan fingerprint density at radius 2 is 2.06 bits per heavy atom. The van der Waals surface area contributed by atoms with Crippen molar-refractivity contribution < 1.29 is 0 Å². The van der Waals surface area contributed by atoms with Gasteiger partial charge < -0.3 is 4.90 Å². The number of anilines is 1. The Morgan fingerprint density at radius 3 is 2.65 bits per heavy atom. The zero-order valence-corrected chi connectivity index (χ0v) is 11.0. The molecule has 0 aromatic carbocycles. The standard InChI is InChI=1S/C13H18ClN3/c1-2-17(8-9-3-4-9)12-7-11(14)15-13(16-12)10-5-6-10/h7,9-10H,2-6,8H2,1H3. The second kappa shape index (κ2) is 4.45. The summed E-state index contributed by atoms with van der Waals surface area (Å²) in [5.74, 6) is 3.39. The highest BCUT2D eigenvalue weighted by atomic mass is 35.5. The van der Waals surface area contributed by atoms with E-state index in [4.69, 9.17) is 11.6 Å². The van der Waals surface area contributed by atoms with E-state index in [0.717, 1.165) is 30.6 Å². The van der Waals surface area contributed by atoms with Gasteiger partial charge >= 0.3 is 0 Å². The quantitative estimate of drug-likeness (QED) is 0.753. The minimum Gasteiger partial charge on any atom is -0.356 e. The minimum atomic E-state index is 0.562. The summed E-state index contributed by atoms with van der Waals surface area (Å²) in [6.07, 6.45) is 5.17. The maximum absolute atomic E-state index is 6.10. The lowest BCUT2D eigenvalue weighted by Crippen LogP contribution is -2.26. The fraction of sp³-hybridized carbons (Fsp3) is 0.692. The van der Waals surface area contributed by atoms with E-state index in [1.807, 2.05) is 6.07 Å². The zero-order chi connectivity index (χ0) is 11.8. The molecule has 92 valence electrons. The molecule has 0 bridgehead atoms. The van der Waals surface area contributed by atoms with E-state index in [1.165, 1.54) is 25.7 Å². The van der Waals surface area contributed by atoms with Gasteiger partial charge in [-0.3, -0.25) is 0 Å². The first-order valence-corrected chi connectivity index (χ1v) is 6.93. The van der Waals surface area contributed by atoms with Crippen LogP contribution in [-0.2, 0) is 0 Å². The van der Waals surface area contributed by atoms with Gasteiger partial charge in [0.2, 0.25) is 0 Å². The maximum atomic E-state index is 6.10. The molecule has 0 spiro atoms. The molecule has 2 fully saturated rings. The molecule has 0 unspecified atom stereocenters. The van der Waals surface area contributed by atoms with Crippen LogP contribution in [0, 0.1) is 5.92 Å². The first-order chi connectivity index (χ1) is 8.26. The lowest BCUT2D eigenvalue weighted by molar-refractivity contribution is 0.725. The average Bonchev–Trinajstić information content (AvgIpc) is 3.16. The molecule has 3 nitrogen and oxygen atoms in total. The molecule has 0 atom stereocenters. The number of rotatable bonds is 5. The van der Waals surface area contributed by atoms with Crippen molar-refractivity contribution in [1.82, 2.24) is 9.97 Å². The van der Waals surface area contributed by atoms with Crippen molar-refractivity contribution in [2.75, 3.05) is 18.0 Å². The Hall–Kier alpha value is -0.830. The third-order valence-electron chi connectivity index (χ3n) is 3.52. The topological polar surface area (TPSA) is 29.0 Å². The molecule has 0 saturated heterocycles. The van der Waals surface area contributed by atoms with Gasteiger partial charge in [-0.1, -0.05) is 11.6 Å². The normalized spacial score (nSPS) is 19.4. The lowest BCUT2D eigenvalue weighted by Gasteiger charge is -2.22. The van der Waals surface area contributed by atoms with Crippen molar-refractivity contribution in [3.05, 3.63) is 17.0 Å². The third-order valence-corrected chi connectivity index (χ3v) is 3.72. The molecule has 4 heteroatoms. The Kier molecular flexibility index (Phi) is 2.95. The molecule has 2 saturated carbocycles. The molecular formula is C13H18ClN3. The van der Waals surface area contributed by atoms with Crippen LogP contribution in [0.5, 0.6) is 0 Å². The van der Waals surface area contributed by atoms with Gasteiger partial charge in [0.15, 0.2) is 0 Å². The molecule has 1 aromatic heterocycles. The van der Waals surface area contributed by atoms with Crippen molar-refractivity contribution in [3.63, 3.8) is 0 Å². The summed E-state index contributed by atoms with van der Waals surface area (Å²) in [5, 5.41) is 0.589. The average molecular weight is 252 g/mol. The summed E-state index contributed by atoms with van der Waals surface area (Å²) >= 11 is 6.10. The highest BCUT2D eigenvalue weighted by Crippen LogP contribution is 2.39. The smallest absolute Gasteiger partial charge is 0.135 e. The molecule has 0 aliphatic heterocycles. The third kappa shape index (κ3) is 2.71. The van der Waals surface area contributed by atoms with Crippen LogP contribution >= 0.6 is 11.6 Å². The van der Waals surface area contributed by atoms with Crippen LogP contribution in [-0.4, -0.2) is 23.1 Å². The summed E-state index contributed by atoms with van der Waals surface area (Å²) in [6.45, 7) is 4.29. The van der Waals surface area contributed by atoms with Crippen molar-refractivity contribution in [2.45, 2.75) is 38.5 Å². The van der Waals surface area contributed by atoms with Gasteiger partial charge in [0.05, 0.1) is 0 Å². The highest BCUT2D eigenvalue weighted by Gasteiger charge is 2.29. The second-order valence-electron chi connectivity index (χ2n) is 5.16. The fourth-order valence-electron chi connectivity index (χ4n) is 2.11. The van der Waals surface area contributed by atoms with Gasteiger partial charge in [-0.05, 0) is 38.5 Å². The van der Waals surface area contributed by atoms with E-state index < -0.39 is 0 Å². The van der Waals surface area contributed by atoms with Crippen LogP contribution in [0.25, 0.3) is 0 Å². The van der Waals surface area contributed by atoms with Gasteiger partial charge in [-0.25, -0.2) is 9.97 Å². The van der Waals surface area contributed by atoms with Crippen molar-refractivity contribution in [3.8, 4) is 0 Å². The molecular weight excluding hydrogens is 234 g/mol. The van der Waals surface area contributed by atoms with Gasteiger partial charge in [-0.2, -0.15) is 0 Å². The van der Waals surface area contributed by atoms with E-state index in [1.54, 1.807) is 0 Å². The van der Waals surface area contributed by atoms with E-state index in [9.17, 15) is 0 Å². The lowest BCUT2D eigenvalue weighted by atomic mass is 10.3. The highest BCUT2D eigenvalue weighted by molar-refractivity contribution is 6.29. The Labute approximate surface area is 107 Å². The largest absolute Gasteiger partial charge is 0.356 e. The predicted molar refractivity (Wildman–Crippen MR) is 69.6 cm³/mol. The molecule has 3 rings (SSSR count). The predicted octanol–water partition coefficient (Wildman–Crippen LogP) is 3.24. The van der Waals surface area contributed by atoms with E-state index in [0.29, 0.717) is 11.1 Å². The molecule has 17 heavy (non-hydrogen) atoms. The van der Waals surface area contributed by atoms with Gasteiger partial charge in [0.1, 0.15) is 16.8 Å². The van der Waals surface area contributed by atoms with Crippen molar-refractivity contribution >= 4 is 17.4 Å². The molecule has 0 amide bonds. The number of hydrogen-bond donors (Lipinski definition) is 0. The summed E-state index contributed by atoms with van der Waals surface area (Å²) in [5.41, 5.74) is 0. The van der Waals surface area contributed by atoms with E-state index >= 15 is 0 Å². The molecule has 1 aromatic rings. The number of aromatic nitrogens is 2. The molecule has 2 aliphatic rings. The SMILES string of the molecule is CCN(CC1CC1)c1cc(Cl)nc(C2CC2)n1. The molecule has 0 N–H and O–H groups in total. The number of halogens is 1. The molecule has 2 aliphatic carbocycles. The first kappa shape index (κ1) is 11.3. The maximum Gasteiger partial charge on any atom is 0.135 e. The fourth-order valence-corrected chi connectivity index (χ4v) is 2.29. The van der Waals surface area contributed by atoms with Crippen LogP contribution < -0.4 is 4.90 Å². The Balaban J connectivity index is 1.83. The van der Waals surface area contributed by atoms with E-state index in [-0.39, 0.29) is 0 Å². The van der Waals surface area contributed by atoms with Crippen LogP contribution in [0.15, 0.2) is 6.07 Å². The first-order valence-electron chi connectivity index (χ1n) is 6.55. The Bertz CT molecular complexity index is 413. The van der Waals surface area contributed by atoms with Gasteiger partial charge in [-0.15, -0.1) is 0 Å². The monoisotopic (exact) mass is 251 g/mol. The second-order valence-corrected chi connectivity index (χ2v) is 5.55. The summed E-state index contributed by atoms with van der Waals surface area (Å²) in [7, 11) is 0. The molecule has 1 heterocycles. The van der Waals surface area contributed by atoms with Crippen LogP contribution in [0.2, 0.25) is 5.15 Å². The van der Waals surface area contributed by atoms with Gasteiger partial charge in [0, 0.05) is 25.1 Å². The van der Waals surface area contributed by atoms with Crippen molar-refractivity contribution in [2.24, 2.45) is 5.92 Å². The zero-order valence-electron chi connectivity index (χ0n) is 10.2. The van der Waals surface area contributed by atoms with Crippen LogP contribution in [0.1, 0.15) is 44.3 Å². The summed E-state index contributed by atoms with van der Waals surface area (Å²) < 4.78 is 0. The van der Waals surface area contributed by atoms with Crippen molar-refractivity contribution in [1.29, 1.82) is 0 Å². The van der Waals surface area contributed by atoms with Crippen LogP contribution in [0.4, 0.5) is 5.82 Å². The minimum absolute atomic E-state index is 0.562. The summed E-state index contributed by atoms with van der Waals surface area (Å²) in [4.78, 5) is 11.3. The number of nitrogens with zero attached hydrogens (tertiary/aromatic N) is 3.